The van der Waals surface area contributed by atoms with Crippen LogP contribution in [0.25, 0.3) is 0 Å². The molecule has 0 spiro atoms. The molecule has 0 saturated heterocycles. The zero-order valence-corrected chi connectivity index (χ0v) is 6.65. The van der Waals surface area contributed by atoms with Crippen molar-refractivity contribution in [2.24, 2.45) is 0 Å². The minimum atomic E-state index is -0.646. The van der Waals surface area contributed by atoms with Gasteiger partial charge in [-0.1, -0.05) is 11.6 Å². The zero-order chi connectivity index (χ0) is 8.43. The van der Waals surface area contributed by atoms with Crippen molar-refractivity contribution in [3.05, 3.63) is 34.1 Å². The Bertz CT molecular complexity index is 296. The van der Waals surface area contributed by atoms with E-state index in [4.69, 9.17) is 11.6 Å². The number of carbonyl (C=O) groups is 1. The standard InChI is InChI=1S/C8H6ClFO/c1-5-2-6(4-11)8(10)7(9)3-5/h2-4H,1H3. The highest BCUT2D eigenvalue weighted by molar-refractivity contribution is 6.31. The summed E-state index contributed by atoms with van der Waals surface area (Å²) in [6.45, 7) is 1.75. The van der Waals surface area contributed by atoms with Gasteiger partial charge in [0.15, 0.2) is 12.1 Å². The third kappa shape index (κ3) is 1.57. The molecular weight excluding hydrogens is 167 g/mol. The number of benzene rings is 1. The average Bonchev–Trinajstić information content (AvgIpc) is 1.96. The fourth-order valence-electron chi connectivity index (χ4n) is 0.837. The summed E-state index contributed by atoms with van der Waals surface area (Å²) < 4.78 is 12.8. The Morgan fingerprint density at radius 1 is 1.55 bits per heavy atom. The molecule has 0 fully saturated rings. The van der Waals surface area contributed by atoms with Gasteiger partial charge in [-0.05, 0) is 24.6 Å². The molecule has 11 heavy (non-hydrogen) atoms. The second-order valence-corrected chi connectivity index (χ2v) is 2.68. The highest BCUT2D eigenvalue weighted by Crippen LogP contribution is 2.18. The number of aryl methyl sites for hydroxylation is 1. The van der Waals surface area contributed by atoms with Crippen molar-refractivity contribution in [1.29, 1.82) is 0 Å². The van der Waals surface area contributed by atoms with E-state index in [9.17, 15) is 9.18 Å². The lowest BCUT2D eigenvalue weighted by Crippen LogP contribution is -1.89. The Hall–Kier alpha value is -0.890. The number of carbonyl (C=O) groups excluding carboxylic acids is 1. The Morgan fingerprint density at radius 3 is 2.73 bits per heavy atom. The van der Waals surface area contributed by atoms with Crippen LogP contribution in [0.5, 0.6) is 0 Å². The molecule has 0 N–H and O–H groups in total. The van der Waals surface area contributed by atoms with E-state index < -0.39 is 5.82 Å². The van der Waals surface area contributed by atoms with Crippen molar-refractivity contribution in [2.45, 2.75) is 6.92 Å². The molecule has 0 unspecified atom stereocenters. The molecular formula is C8H6ClFO. The predicted molar refractivity (Wildman–Crippen MR) is 41.5 cm³/mol. The number of rotatable bonds is 1. The molecule has 0 heterocycles. The quantitative estimate of drug-likeness (QED) is 0.595. The molecule has 0 bridgehead atoms. The molecule has 3 heteroatoms. The van der Waals surface area contributed by atoms with Gasteiger partial charge in [0.05, 0.1) is 10.6 Å². The molecule has 0 aromatic heterocycles. The summed E-state index contributed by atoms with van der Waals surface area (Å²) in [4.78, 5) is 10.2. The molecule has 0 aliphatic carbocycles. The van der Waals surface area contributed by atoms with Crippen LogP contribution in [0, 0.1) is 12.7 Å². The van der Waals surface area contributed by atoms with Crippen molar-refractivity contribution in [1.82, 2.24) is 0 Å². The summed E-state index contributed by atoms with van der Waals surface area (Å²) in [6.07, 6.45) is 0.453. The van der Waals surface area contributed by atoms with E-state index in [0.717, 1.165) is 5.56 Å². The van der Waals surface area contributed by atoms with Crippen LogP contribution in [0.3, 0.4) is 0 Å². The predicted octanol–water partition coefficient (Wildman–Crippen LogP) is 2.60. The van der Waals surface area contributed by atoms with E-state index in [1.807, 2.05) is 0 Å². The second kappa shape index (κ2) is 3.01. The highest BCUT2D eigenvalue weighted by atomic mass is 35.5. The van der Waals surface area contributed by atoms with Crippen LogP contribution < -0.4 is 0 Å². The van der Waals surface area contributed by atoms with E-state index in [1.54, 1.807) is 6.92 Å². The summed E-state index contributed by atoms with van der Waals surface area (Å²) in [7, 11) is 0. The van der Waals surface area contributed by atoms with Gasteiger partial charge >= 0.3 is 0 Å². The molecule has 1 aromatic carbocycles. The van der Waals surface area contributed by atoms with Gasteiger partial charge in [0.2, 0.25) is 0 Å². The summed E-state index contributed by atoms with van der Waals surface area (Å²) in [5, 5.41) is -0.00731. The van der Waals surface area contributed by atoms with E-state index in [1.165, 1.54) is 12.1 Å². The largest absolute Gasteiger partial charge is 0.298 e. The Morgan fingerprint density at radius 2 is 2.18 bits per heavy atom. The number of aldehydes is 1. The van der Waals surface area contributed by atoms with Crippen molar-refractivity contribution >= 4 is 17.9 Å². The molecule has 1 rings (SSSR count). The molecule has 0 aliphatic rings. The monoisotopic (exact) mass is 172 g/mol. The highest BCUT2D eigenvalue weighted by Gasteiger charge is 2.05. The first-order valence-corrected chi connectivity index (χ1v) is 3.44. The van der Waals surface area contributed by atoms with Gasteiger partial charge in [-0.3, -0.25) is 4.79 Å². The van der Waals surface area contributed by atoms with E-state index in [0.29, 0.717) is 6.29 Å². The maximum absolute atomic E-state index is 12.8. The first kappa shape index (κ1) is 8.21. The molecule has 0 radical (unpaired) electrons. The Balaban J connectivity index is 3.35. The lowest BCUT2D eigenvalue weighted by molar-refractivity contribution is 0.111. The van der Waals surface area contributed by atoms with E-state index >= 15 is 0 Å². The lowest BCUT2D eigenvalue weighted by atomic mass is 10.1. The van der Waals surface area contributed by atoms with Gasteiger partial charge in [0.25, 0.3) is 0 Å². The van der Waals surface area contributed by atoms with Crippen molar-refractivity contribution in [3.8, 4) is 0 Å². The van der Waals surface area contributed by atoms with Crippen LogP contribution in [0.4, 0.5) is 4.39 Å². The third-order valence-corrected chi connectivity index (χ3v) is 1.60. The summed E-state index contributed by atoms with van der Waals surface area (Å²) >= 11 is 5.46. The molecule has 1 nitrogen and oxygen atoms in total. The maximum Gasteiger partial charge on any atom is 0.153 e. The molecule has 0 aliphatic heterocycles. The topological polar surface area (TPSA) is 17.1 Å². The minimum Gasteiger partial charge on any atom is -0.298 e. The Labute approximate surface area is 68.8 Å². The normalized spacial score (nSPS) is 9.73. The van der Waals surface area contributed by atoms with Crippen molar-refractivity contribution in [2.75, 3.05) is 0 Å². The Kier molecular flexibility index (Phi) is 2.25. The van der Waals surface area contributed by atoms with Crippen LogP contribution in [0.1, 0.15) is 15.9 Å². The fraction of sp³-hybridized carbons (Fsp3) is 0.125. The number of halogens is 2. The van der Waals surface area contributed by atoms with E-state index in [-0.39, 0.29) is 10.6 Å². The zero-order valence-electron chi connectivity index (χ0n) is 5.90. The van der Waals surface area contributed by atoms with Crippen LogP contribution >= 0.6 is 11.6 Å². The second-order valence-electron chi connectivity index (χ2n) is 2.27. The van der Waals surface area contributed by atoms with Gasteiger partial charge in [-0.2, -0.15) is 0 Å². The lowest BCUT2D eigenvalue weighted by Gasteiger charge is -1.98. The van der Waals surface area contributed by atoms with Gasteiger partial charge in [-0.25, -0.2) is 4.39 Å². The van der Waals surface area contributed by atoms with E-state index in [2.05, 4.69) is 0 Å². The SMILES string of the molecule is Cc1cc(Cl)c(F)c(C=O)c1. The van der Waals surface area contributed by atoms with Crippen molar-refractivity contribution in [3.63, 3.8) is 0 Å². The van der Waals surface area contributed by atoms with Gasteiger partial charge in [0.1, 0.15) is 0 Å². The van der Waals surface area contributed by atoms with Crippen LogP contribution in [0.2, 0.25) is 5.02 Å². The molecule has 58 valence electrons. The number of hydrogen-bond donors (Lipinski definition) is 0. The molecule has 0 atom stereocenters. The van der Waals surface area contributed by atoms with Gasteiger partial charge in [-0.15, -0.1) is 0 Å². The van der Waals surface area contributed by atoms with Gasteiger partial charge in [0, 0.05) is 0 Å². The molecule has 0 amide bonds. The van der Waals surface area contributed by atoms with Crippen LogP contribution in [-0.4, -0.2) is 6.29 Å². The van der Waals surface area contributed by atoms with Gasteiger partial charge < -0.3 is 0 Å². The first-order valence-electron chi connectivity index (χ1n) is 3.06. The van der Waals surface area contributed by atoms with Crippen LogP contribution in [-0.2, 0) is 0 Å². The molecule has 0 saturated carbocycles. The minimum absolute atomic E-state index is 0.00731. The molecule has 1 aromatic rings. The fourth-order valence-corrected chi connectivity index (χ4v) is 1.12. The third-order valence-electron chi connectivity index (χ3n) is 1.33. The summed E-state index contributed by atoms with van der Waals surface area (Å²) in [5.41, 5.74) is 0.786. The number of hydrogen-bond acceptors (Lipinski definition) is 1. The summed E-state index contributed by atoms with van der Waals surface area (Å²) in [6, 6.07) is 2.93. The van der Waals surface area contributed by atoms with Crippen LogP contribution in [0.15, 0.2) is 12.1 Å². The maximum atomic E-state index is 12.8. The first-order chi connectivity index (χ1) is 5.15. The smallest absolute Gasteiger partial charge is 0.153 e. The average molecular weight is 173 g/mol. The van der Waals surface area contributed by atoms with Crippen molar-refractivity contribution < 1.29 is 9.18 Å². The summed E-state index contributed by atoms with van der Waals surface area (Å²) in [5.74, 6) is -0.646.